The van der Waals surface area contributed by atoms with Crippen LogP contribution in [0.1, 0.15) is 31.9 Å². The van der Waals surface area contributed by atoms with Crippen LogP contribution in [0.25, 0.3) is 0 Å². The molecular formula is C17H22N2. The molecule has 2 nitrogen and oxygen atoms in total. The molecule has 0 saturated carbocycles. The van der Waals surface area contributed by atoms with Crippen LogP contribution in [0.3, 0.4) is 0 Å². The van der Waals surface area contributed by atoms with Crippen molar-refractivity contribution in [2.75, 3.05) is 11.9 Å². The minimum Gasteiger partial charge on any atom is -0.384 e. The second kappa shape index (κ2) is 5.87. The molecule has 1 aromatic heterocycles. The van der Waals surface area contributed by atoms with Crippen LogP contribution in [0.15, 0.2) is 48.8 Å². The molecule has 0 bridgehead atoms. The molecule has 0 aliphatic rings. The van der Waals surface area contributed by atoms with Gasteiger partial charge >= 0.3 is 0 Å². The van der Waals surface area contributed by atoms with Gasteiger partial charge in [0.15, 0.2) is 0 Å². The predicted molar refractivity (Wildman–Crippen MR) is 81.6 cm³/mol. The number of pyridine rings is 1. The molecule has 0 atom stereocenters. The van der Waals surface area contributed by atoms with Crippen molar-refractivity contribution < 1.29 is 0 Å². The second-order valence-corrected chi connectivity index (χ2v) is 5.83. The zero-order chi connectivity index (χ0) is 13.7. The molecule has 0 spiro atoms. The molecule has 0 amide bonds. The van der Waals surface area contributed by atoms with Crippen LogP contribution >= 0.6 is 0 Å². The zero-order valence-electron chi connectivity index (χ0n) is 12.0. The Hall–Kier alpha value is -1.83. The zero-order valence-corrected chi connectivity index (χ0v) is 12.0. The lowest BCUT2D eigenvalue weighted by Crippen LogP contribution is -2.15. The number of anilines is 1. The number of aromatic nitrogens is 1. The minimum atomic E-state index is 0.167. The molecule has 19 heavy (non-hydrogen) atoms. The highest BCUT2D eigenvalue weighted by Gasteiger charge is 2.16. The van der Waals surface area contributed by atoms with E-state index in [-0.39, 0.29) is 5.41 Å². The van der Waals surface area contributed by atoms with Gasteiger partial charge in [-0.05, 0) is 41.2 Å². The summed E-state index contributed by atoms with van der Waals surface area (Å²) in [5.74, 6) is 0. The maximum atomic E-state index is 4.04. The van der Waals surface area contributed by atoms with Gasteiger partial charge in [0, 0.05) is 24.6 Å². The van der Waals surface area contributed by atoms with Crippen LogP contribution in [-0.2, 0) is 11.8 Å². The number of hydrogen-bond donors (Lipinski definition) is 1. The summed E-state index contributed by atoms with van der Waals surface area (Å²) < 4.78 is 0. The van der Waals surface area contributed by atoms with E-state index >= 15 is 0 Å². The summed E-state index contributed by atoms with van der Waals surface area (Å²) in [4.78, 5) is 4.04. The largest absolute Gasteiger partial charge is 0.384 e. The highest BCUT2D eigenvalue weighted by molar-refractivity contribution is 5.54. The first-order valence-electron chi connectivity index (χ1n) is 6.79. The van der Waals surface area contributed by atoms with E-state index in [1.54, 1.807) is 0 Å². The SMILES string of the molecule is CC(C)(C)c1ccccc1NCCc1ccncc1. The fourth-order valence-corrected chi connectivity index (χ4v) is 2.18. The van der Waals surface area contributed by atoms with E-state index in [1.807, 2.05) is 12.4 Å². The monoisotopic (exact) mass is 254 g/mol. The summed E-state index contributed by atoms with van der Waals surface area (Å²) in [6.07, 6.45) is 4.71. The summed E-state index contributed by atoms with van der Waals surface area (Å²) in [5.41, 5.74) is 4.09. The fourth-order valence-electron chi connectivity index (χ4n) is 2.18. The van der Waals surface area contributed by atoms with Gasteiger partial charge in [0.05, 0.1) is 0 Å². The lowest BCUT2D eigenvalue weighted by atomic mass is 9.86. The van der Waals surface area contributed by atoms with Crippen LogP contribution in [0.5, 0.6) is 0 Å². The van der Waals surface area contributed by atoms with Crippen LogP contribution in [0, 0.1) is 0 Å². The number of nitrogens with one attached hydrogen (secondary N) is 1. The smallest absolute Gasteiger partial charge is 0.0378 e. The summed E-state index contributed by atoms with van der Waals surface area (Å²) in [7, 11) is 0. The molecule has 2 rings (SSSR count). The van der Waals surface area contributed by atoms with Gasteiger partial charge < -0.3 is 5.32 Å². The molecule has 100 valence electrons. The van der Waals surface area contributed by atoms with E-state index in [0.717, 1.165) is 13.0 Å². The first-order chi connectivity index (χ1) is 9.07. The lowest BCUT2D eigenvalue weighted by molar-refractivity contribution is 0.591. The molecule has 2 heteroatoms. The molecular weight excluding hydrogens is 232 g/mol. The molecule has 0 unspecified atom stereocenters. The van der Waals surface area contributed by atoms with Crippen LogP contribution < -0.4 is 5.32 Å². The third kappa shape index (κ3) is 3.82. The third-order valence-electron chi connectivity index (χ3n) is 3.21. The van der Waals surface area contributed by atoms with E-state index in [9.17, 15) is 0 Å². The van der Waals surface area contributed by atoms with Crippen molar-refractivity contribution in [3.8, 4) is 0 Å². The Bertz CT molecular complexity index is 512. The Kier molecular flexibility index (Phi) is 4.20. The number of nitrogens with zero attached hydrogens (tertiary/aromatic N) is 1. The van der Waals surface area contributed by atoms with Gasteiger partial charge in [-0.3, -0.25) is 4.98 Å². The van der Waals surface area contributed by atoms with Crippen molar-refractivity contribution in [3.63, 3.8) is 0 Å². The average molecular weight is 254 g/mol. The maximum Gasteiger partial charge on any atom is 0.0378 e. The van der Waals surface area contributed by atoms with Crippen molar-refractivity contribution in [3.05, 3.63) is 59.9 Å². The normalized spacial score (nSPS) is 11.3. The maximum absolute atomic E-state index is 4.04. The van der Waals surface area contributed by atoms with Gasteiger partial charge in [-0.25, -0.2) is 0 Å². The molecule has 1 heterocycles. The molecule has 0 fully saturated rings. The predicted octanol–water partition coefficient (Wildman–Crippen LogP) is 4.03. The highest BCUT2D eigenvalue weighted by Crippen LogP contribution is 2.29. The minimum absolute atomic E-state index is 0.167. The standard InChI is InChI=1S/C17H22N2/c1-17(2,3)15-6-4-5-7-16(15)19-13-10-14-8-11-18-12-9-14/h4-9,11-12,19H,10,13H2,1-3H3. The van der Waals surface area contributed by atoms with Crippen molar-refractivity contribution in [1.29, 1.82) is 0 Å². The van der Waals surface area contributed by atoms with Crippen molar-refractivity contribution in [2.24, 2.45) is 0 Å². The topological polar surface area (TPSA) is 24.9 Å². The van der Waals surface area contributed by atoms with Gasteiger partial charge in [-0.1, -0.05) is 39.0 Å². The Morgan fingerprint density at radius 1 is 1.00 bits per heavy atom. The van der Waals surface area contributed by atoms with E-state index < -0.39 is 0 Å². The van der Waals surface area contributed by atoms with Crippen LogP contribution in [0.4, 0.5) is 5.69 Å². The summed E-state index contributed by atoms with van der Waals surface area (Å²) >= 11 is 0. The van der Waals surface area contributed by atoms with E-state index in [1.165, 1.54) is 16.8 Å². The number of para-hydroxylation sites is 1. The molecule has 0 radical (unpaired) electrons. The van der Waals surface area contributed by atoms with Gasteiger partial charge in [0.1, 0.15) is 0 Å². The molecule has 1 N–H and O–H groups in total. The molecule has 0 aliphatic carbocycles. The summed E-state index contributed by atoms with van der Waals surface area (Å²) in [5, 5.41) is 3.55. The van der Waals surface area contributed by atoms with E-state index in [4.69, 9.17) is 0 Å². The van der Waals surface area contributed by atoms with Crippen LogP contribution in [0.2, 0.25) is 0 Å². The van der Waals surface area contributed by atoms with Gasteiger partial charge in [0.2, 0.25) is 0 Å². The van der Waals surface area contributed by atoms with E-state index in [2.05, 4.69) is 67.5 Å². The number of rotatable bonds is 4. The first-order valence-corrected chi connectivity index (χ1v) is 6.79. The highest BCUT2D eigenvalue weighted by atomic mass is 14.9. The Balaban J connectivity index is 2.00. The van der Waals surface area contributed by atoms with Crippen molar-refractivity contribution in [1.82, 2.24) is 4.98 Å². The van der Waals surface area contributed by atoms with Gasteiger partial charge in [-0.2, -0.15) is 0 Å². The van der Waals surface area contributed by atoms with Gasteiger partial charge in [0.25, 0.3) is 0 Å². The van der Waals surface area contributed by atoms with Crippen molar-refractivity contribution >= 4 is 5.69 Å². The van der Waals surface area contributed by atoms with Gasteiger partial charge in [-0.15, -0.1) is 0 Å². The second-order valence-electron chi connectivity index (χ2n) is 5.83. The van der Waals surface area contributed by atoms with E-state index in [0.29, 0.717) is 0 Å². The first kappa shape index (κ1) is 13.6. The fraction of sp³-hybridized carbons (Fsp3) is 0.353. The molecule has 0 saturated heterocycles. The third-order valence-corrected chi connectivity index (χ3v) is 3.21. The summed E-state index contributed by atoms with van der Waals surface area (Å²) in [6.45, 7) is 7.68. The Morgan fingerprint density at radius 2 is 1.68 bits per heavy atom. The number of hydrogen-bond acceptors (Lipinski definition) is 2. The molecule has 2 aromatic rings. The lowest BCUT2D eigenvalue weighted by Gasteiger charge is -2.23. The Labute approximate surface area is 115 Å². The Morgan fingerprint density at radius 3 is 2.37 bits per heavy atom. The number of benzene rings is 1. The molecule has 1 aromatic carbocycles. The quantitative estimate of drug-likeness (QED) is 0.891. The van der Waals surface area contributed by atoms with Crippen molar-refractivity contribution in [2.45, 2.75) is 32.6 Å². The van der Waals surface area contributed by atoms with Crippen LogP contribution in [-0.4, -0.2) is 11.5 Å². The molecule has 0 aliphatic heterocycles. The average Bonchev–Trinajstić information content (AvgIpc) is 2.39. The summed E-state index contributed by atoms with van der Waals surface area (Å²) in [6, 6.07) is 12.7.